The van der Waals surface area contributed by atoms with Crippen molar-refractivity contribution in [3.63, 3.8) is 0 Å². The van der Waals surface area contributed by atoms with Crippen LogP contribution in [0.3, 0.4) is 0 Å². The van der Waals surface area contributed by atoms with Gasteiger partial charge in [-0.15, -0.1) is 12.4 Å². The molecule has 102 valence electrons. The van der Waals surface area contributed by atoms with Crippen molar-refractivity contribution < 1.29 is 4.79 Å². The summed E-state index contributed by atoms with van der Waals surface area (Å²) in [6.45, 7) is 6.43. The maximum atomic E-state index is 11.5. The zero-order valence-corrected chi connectivity index (χ0v) is 13.3. The second-order valence-electron chi connectivity index (χ2n) is 4.87. The number of rotatable bonds is 4. The van der Waals surface area contributed by atoms with E-state index in [1.165, 1.54) is 5.56 Å². The lowest BCUT2D eigenvalue weighted by Gasteiger charge is -2.27. The molecule has 3 nitrogen and oxygen atoms in total. The first-order valence-corrected chi connectivity index (χ1v) is 6.42. The Morgan fingerprint density at radius 2 is 2.00 bits per heavy atom. The molecule has 0 spiro atoms. The molecule has 0 saturated heterocycles. The Balaban J connectivity index is 0.00000289. The van der Waals surface area contributed by atoms with Crippen LogP contribution in [0.1, 0.15) is 26.3 Å². The zero-order chi connectivity index (χ0) is 13.1. The predicted molar refractivity (Wildman–Crippen MR) is 81.1 cm³/mol. The highest BCUT2D eigenvalue weighted by molar-refractivity contribution is 9.10. The van der Waals surface area contributed by atoms with Gasteiger partial charge in [0.05, 0.1) is 6.04 Å². The Morgan fingerprint density at radius 3 is 2.50 bits per heavy atom. The van der Waals surface area contributed by atoms with E-state index in [1.807, 2.05) is 18.2 Å². The fourth-order valence-electron chi connectivity index (χ4n) is 1.57. The summed E-state index contributed by atoms with van der Waals surface area (Å²) in [6.07, 6.45) is 0. The van der Waals surface area contributed by atoms with Gasteiger partial charge in [0.1, 0.15) is 0 Å². The number of hydrogen-bond donors (Lipinski definition) is 2. The molecular formula is C13H20BrClN2O. The Labute approximate surface area is 123 Å². The van der Waals surface area contributed by atoms with E-state index in [4.69, 9.17) is 5.73 Å². The van der Waals surface area contributed by atoms with Crippen molar-refractivity contribution in [3.05, 3.63) is 34.3 Å². The molecule has 0 aliphatic heterocycles. The summed E-state index contributed by atoms with van der Waals surface area (Å²) in [6, 6.07) is 7.57. The number of carbonyl (C=O) groups excluding carboxylic acids is 1. The topological polar surface area (TPSA) is 55.1 Å². The lowest BCUT2D eigenvalue weighted by atomic mass is 9.84. The molecule has 0 aromatic heterocycles. The van der Waals surface area contributed by atoms with Crippen LogP contribution in [-0.2, 0) is 10.2 Å². The van der Waals surface area contributed by atoms with E-state index in [2.05, 4.69) is 41.2 Å². The highest BCUT2D eigenvalue weighted by atomic mass is 79.9. The number of benzene rings is 1. The minimum atomic E-state index is -0.468. The molecule has 1 amide bonds. The third kappa shape index (κ3) is 4.59. The van der Waals surface area contributed by atoms with Crippen molar-refractivity contribution in [2.24, 2.45) is 5.73 Å². The van der Waals surface area contributed by atoms with Crippen LogP contribution in [0.4, 0.5) is 0 Å². The summed E-state index contributed by atoms with van der Waals surface area (Å²) in [5.41, 5.74) is 6.55. The van der Waals surface area contributed by atoms with Crippen LogP contribution in [0.2, 0.25) is 0 Å². The molecule has 0 radical (unpaired) electrons. The molecule has 0 aliphatic carbocycles. The zero-order valence-electron chi connectivity index (χ0n) is 10.9. The Kier molecular flexibility index (Phi) is 6.89. The minimum Gasteiger partial charge on any atom is -0.354 e. The summed E-state index contributed by atoms with van der Waals surface area (Å²) in [4.78, 5) is 11.5. The van der Waals surface area contributed by atoms with E-state index >= 15 is 0 Å². The van der Waals surface area contributed by atoms with Gasteiger partial charge in [0.25, 0.3) is 0 Å². The first-order valence-electron chi connectivity index (χ1n) is 5.63. The van der Waals surface area contributed by atoms with Crippen LogP contribution < -0.4 is 11.1 Å². The monoisotopic (exact) mass is 334 g/mol. The van der Waals surface area contributed by atoms with Gasteiger partial charge < -0.3 is 11.1 Å². The maximum absolute atomic E-state index is 11.5. The van der Waals surface area contributed by atoms with Crippen molar-refractivity contribution in [1.82, 2.24) is 5.32 Å². The molecule has 1 unspecified atom stereocenters. The van der Waals surface area contributed by atoms with Crippen molar-refractivity contribution in [2.45, 2.75) is 32.2 Å². The largest absolute Gasteiger partial charge is 0.354 e. The average Bonchev–Trinajstić information content (AvgIpc) is 2.26. The van der Waals surface area contributed by atoms with Gasteiger partial charge in [-0.2, -0.15) is 0 Å². The second-order valence-corrected chi connectivity index (χ2v) is 5.72. The van der Waals surface area contributed by atoms with E-state index in [-0.39, 0.29) is 23.7 Å². The normalized spacial score (nSPS) is 12.5. The van der Waals surface area contributed by atoms with E-state index in [0.29, 0.717) is 6.54 Å². The summed E-state index contributed by atoms with van der Waals surface area (Å²) in [5.74, 6) is -0.120. The van der Waals surface area contributed by atoms with Crippen LogP contribution in [0, 0.1) is 0 Å². The number of nitrogens with one attached hydrogen (secondary N) is 1. The quantitative estimate of drug-likeness (QED) is 0.888. The van der Waals surface area contributed by atoms with Gasteiger partial charge in [-0.3, -0.25) is 4.79 Å². The summed E-state index contributed by atoms with van der Waals surface area (Å²) in [5, 5.41) is 2.86. The standard InChI is InChI=1S/C13H19BrN2O.ClH/c1-9(15)12(17)16-8-13(2,3)10-6-4-5-7-11(10)14;/h4-7,9H,8,15H2,1-3H3,(H,16,17);1H. The van der Waals surface area contributed by atoms with Gasteiger partial charge >= 0.3 is 0 Å². The maximum Gasteiger partial charge on any atom is 0.236 e. The van der Waals surface area contributed by atoms with E-state index in [1.54, 1.807) is 6.92 Å². The first-order chi connectivity index (χ1) is 7.84. The molecule has 5 heteroatoms. The fourth-order valence-corrected chi connectivity index (χ4v) is 2.40. The molecule has 0 fully saturated rings. The first kappa shape index (κ1) is 17.4. The van der Waals surface area contributed by atoms with Gasteiger partial charge in [-0.05, 0) is 18.6 Å². The van der Waals surface area contributed by atoms with E-state index in [9.17, 15) is 4.79 Å². The number of nitrogens with two attached hydrogens (primary N) is 1. The molecule has 1 aromatic carbocycles. The minimum absolute atomic E-state index is 0. The van der Waals surface area contributed by atoms with Crippen molar-refractivity contribution in [1.29, 1.82) is 0 Å². The van der Waals surface area contributed by atoms with Gasteiger partial charge in [-0.1, -0.05) is 48.0 Å². The Hall–Kier alpha value is -0.580. The molecule has 0 aliphatic rings. The molecule has 0 heterocycles. The highest BCUT2D eigenvalue weighted by Crippen LogP contribution is 2.29. The molecule has 3 N–H and O–H groups in total. The van der Waals surface area contributed by atoms with Crippen molar-refractivity contribution in [3.8, 4) is 0 Å². The van der Waals surface area contributed by atoms with E-state index in [0.717, 1.165) is 4.47 Å². The van der Waals surface area contributed by atoms with Crippen LogP contribution in [0.15, 0.2) is 28.7 Å². The Bertz CT molecular complexity index is 408. The molecule has 0 saturated carbocycles. The lowest BCUT2D eigenvalue weighted by Crippen LogP contribution is -2.43. The average molecular weight is 336 g/mol. The molecule has 0 bridgehead atoms. The summed E-state index contributed by atoms with van der Waals surface area (Å²) >= 11 is 3.53. The van der Waals surface area contributed by atoms with Gasteiger partial charge in [0, 0.05) is 16.4 Å². The molecule has 1 aromatic rings. The lowest BCUT2D eigenvalue weighted by molar-refractivity contribution is -0.122. The SMILES string of the molecule is CC(N)C(=O)NCC(C)(C)c1ccccc1Br.Cl. The summed E-state index contributed by atoms with van der Waals surface area (Å²) in [7, 11) is 0. The third-order valence-electron chi connectivity index (χ3n) is 2.72. The molecule has 1 rings (SSSR count). The molecular weight excluding hydrogens is 316 g/mol. The second kappa shape index (κ2) is 7.12. The predicted octanol–water partition coefficient (Wildman–Crippen LogP) is 2.61. The fraction of sp³-hybridized carbons (Fsp3) is 0.462. The van der Waals surface area contributed by atoms with Crippen LogP contribution in [0.5, 0.6) is 0 Å². The van der Waals surface area contributed by atoms with Crippen molar-refractivity contribution >= 4 is 34.2 Å². The highest BCUT2D eigenvalue weighted by Gasteiger charge is 2.23. The van der Waals surface area contributed by atoms with E-state index < -0.39 is 6.04 Å². The smallest absolute Gasteiger partial charge is 0.236 e. The number of halogens is 2. The number of hydrogen-bond acceptors (Lipinski definition) is 2. The molecule has 1 atom stereocenters. The van der Waals surface area contributed by atoms with Gasteiger partial charge in [0.2, 0.25) is 5.91 Å². The number of carbonyl (C=O) groups is 1. The van der Waals surface area contributed by atoms with Crippen LogP contribution >= 0.6 is 28.3 Å². The Morgan fingerprint density at radius 1 is 1.44 bits per heavy atom. The third-order valence-corrected chi connectivity index (χ3v) is 3.41. The molecule has 18 heavy (non-hydrogen) atoms. The summed E-state index contributed by atoms with van der Waals surface area (Å²) < 4.78 is 1.06. The van der Waals surface area contributed by atoms with Crippen LogP contribution in [0.25, 0.3) is 0 Å². The van der Waals surface area contributed by atoms with Gasteiger partial charge in [0.15, 0.2) is 0 Å². The van der Waals surface area contributed by atoms with Gasteiger partial charge in [-0.25, -0.2) is 0 Å². The van der Waals surface area contributed by atoms with Crippen LogP contribution in [-0.4, -0.2) is 18.5 Å². The van der Waals surface area contributed by atoms with Crippen molar-refractivity contribution in [2.75, 3.05) is 6.54 Å². The number of amides is 1.